The van der Waals surface area contributed by atoms with Crippen LogP contribution in [0.15, 0.2) is 11.1 Å². The lowest BCUT2D eigenvalue weighted by Gasteiger charge is -2.69. The van der Waals surface area contributed by atoms with Gasteiger partial charge in [0.2, 0.25) is 0 Å². The Labute approximate surface area is 316 Å². The van der Waals surface area contributed by atoms with E-state index in [-0.39, 0.29) is 45.0 Å². The van der Waals surface area contributed by atoms with Crippen LogP contribution in [0.5, 0.6) is 0 Å². The minimum atomic E-state index is -0.741. The summed E-state index contributed by atoms with van der Waals surface area (Å²) in [4.78, 5) is 39.2. The van der Waals surface area contributed by atoms with Crippen molar-refractivity contribution in [2.45, 2.75) is 163 Å². The molecule has 0 aromatic carbocycles. The number of carbonyl (C=O) groups is 3. The van der Waals surface area contributed by atoms with Gasteiger partial charge in [-0.1, -0.05) is 73.3 Å². The summed E-state index contributed by atoms with van der Waals surface area (Å²) >= 11 is 0. The third-order valence-electron chi connectivity index (χ3n) is 18.5. The number of nitrogens with one attached hydrogen (secondary N) is 2. The van der Waals surface area contributed by atoms with Crippen LogP contribution in [-0.4, -0.2) is 48.3 Å². The van der Waals surface area contributed by atoms with Crippen LogP contribution in [0.25, 0.3) is 0 Å². The zero-order valence-electron chi connectivity index (χ0n) is 34.3. The van der Waals surface area contributed by atoms with E-state index in [0.717, 1.165) is 32.4 Å². The van der Waals surface area contributed by atoms with Gasteiger partial charge in [-0.3, -0.25) is 14.4 Å². The van der Waals surface area contributed by atoms with Crippen LogP contribution in [0.2, 0.25) is 0 Å². The van der Waals surface area contributed by atoms with Crippen LogP contribution in [0.1, 0.15) is 158 Å². The zero-order chi connectivity index (χ0) is 37.4. The molecule has 11 unspecified atom stereocenters. The molecule has 292 valence electrons. The van der Waals surface area contributed by atoms with Crippen molar-refractivity contribution in [2.75, 3.05) is 20.1 Å². The minimum Gasteiger partial charge on any atom is -0.481 e. The molecule has 6 nitrogen and oxygen atoms in total. The molecule has 0 radical (unpaired) electrons. The van der Waals surface area contributed by atoms with Crippen molar-refractivity contribution in [2.24, 2.45) is 74.9 Å². The average molecular weight is 719 g/mol. The molecule has 11 atom stereocenters. The number of aliphatic carboxylic acids is 1. The van der Waals surface area contributed by atoms with Gasteiger partial charge >= 0.3 is 5.97 Å². The van der Waals surface area contributed by atoms with Crippen molar-refractivity contribution in [1.29, 1.82) is 0 Å². The van der Waals surface area contributed by atoms with Crippen molar-refractivity contribution in [3.8, 4) is 0 Å². The number of hydrogen-bond acceptors (Lipinski definition) is 5. The Kier molecular flexibility index (Phi) is 10.3. The van der Waals surface area contributed by atoms with Gasteiger partial charge in [0.25, 0.3) is 0 Å². The average Bonchev–Trinajstić information content (AvgIpc) is 3.39. The van der Waals surface area contributed by atoms with Gasteiger partial charge < -0.3 is 15.7 Å². The molecule has 0 bridgehead atoms. The van der Waals surface area contributed by atoms with E-state index in [1.54, 1.807) is 5.57 Å². The fraction of sp³-hybridized carbons (Fsp3) is 0.891. The Morgan fingerprint density at radius 2 is 1.58 bits per heavy atom. The molecule has 0 aliphatic heterocycles. The van der Waals surface area contributed by atoms with Gasteiger partial charge in [0.05, 0.1) is 5.92 Å². The quantitative estimate of drug-likeness (QED) is 0.184. The van der Waals surface area contributed by atoms with Crippen LogP contribution in [-0.2, 0) is 14.4 Å². The summed E-state index contributed by atoms with van der Waals surface area (Å²) in [7, 11) is 2.15. The van der Waals surface area contributed by atoms with Gasteiger partial charge in [-0.05, 0) is 154 Å². The summed E-state index contributed by atoms with van der Waals surface area (Å²) in [5.74, 6) is 2.73. The highest BCUT2D eigenvalue weighted by atomic mass is 16.4. The largest absolute Gasteiger partial charge is 0.481 e. The molecule has 52 heavy (non-hydrogen) atoms. The summed E-state index contributed by atoms with van der Waals surface area (Å²) < 4.78 is 0. The lowest BCUT2D eigenvalue weighted by molar-refractivity contribution is -0.193. The molecule has 0 heterocycles. The predicted molar refractivity (Wildman–Crippen MR) is 209 cm³/mol. The number of carboxylic acids is 1. The summed E-state index contributed by atoms with van der Waals surface area (Å²) in [5.41, 5.74) is 3.75. The van der Waals surface area contributed by atoms with Gasteiger partial charge in [-0.15, -0.1) is 0 Å². The molecule has 7 rings (SSSR count). The van der Waals surface area contributed by atoms with E-state index in [0.29, 0.717) is 59.9 Å². The Hall–Kier alpha value is -1.53. The number of ketones is 2. The molecule has 0 spiro atoms. The number of allylic oxidation sites excluding steroid dienone is 2. The van der Waals surface area contributed by atoms with Crippen LogP contribution >= 0.6 is 0 Å². The molecule has 6 heteroatoms. The first-order valence-corrected chi connectivity index (χ1v) is 22.0. The maximum atomic E-state index is 14.0. The van der Waals surface area contributed by atoms with E-state index >= 15 is 0 Å². The highest BCUT2D eigenvalue weighted by Crippen LogP contribution is 2.74. The third kappa shape index (κ3) is 6.04. The Morgan fingerprint density at radius 1 is 0.865 bits per heavy atom. The second kappa shape index (κ2) is 13.9. The van der Waals surface area contributed by atoms with Crippen molar-refractivity contribution < 1.29 is 19.5 Å². The number of carboxylic acid groups (broad SMARTS) is 1. The molecule has 6 fully saturated rings. The molecule has 7 aliphatic carbocycles. The fourth-order valence-corrected chi connectivity index (χ4v) is 15.5. The number of Topliss-reactive ketones (excluding diaryl/α,β-unsaturated/α-hetero) is 2. The lowest BCUT2D eigenvalue weighted by atomic mass is 9.35. The van der Waals surface area contributed by atoms with Crippen molar-refractivity contribution in [3.63, 3.8) is 0 Å². The maximum Gasteiger partial charge on any atom is 0.306 e. The molecule has 6 saturated carbocycles. The molecule has 0 amide bonds. The SMILES string of the molecule is CNC1(CNCCC23CCC4C(CCC5C4(C)CCC4C(C)(C)C(CC(=O)C6CC(C(=O)O)C6C)CCC45C)C2=C(C(C)C)C(=O)C3)CCCCC1. The second-order valence-electron chi connectivity index (χ2n) is 21.2. The Morgan fingerprint density at radius 3 is 2.23 bits per heavy atom. The van der Waals surface area contributed by atoms with Gasteiger partial charge in [0.1, 0.15) is 5.78 Å². The summed E-state index contributed by atoms with van der Waals surface area (Å²) in [5, 5.41) is 17.1. The van der Waals surface area contributed by atoms with Crippen molar-refractivity contribution >= 4 is 17.5 Å². The van der Waals surface area contributed by atoms with Gasteiger partial charge in [0.15, 0.2) is 5.78 Å². The summed E-state index contributed by atoms with van der Waals surface area (Å²) in [6.45, 7) is 18.8. The van der Waals surface area contributed by atoms with Crippen molar-refractivity contribution in [1.82, 2.24) is 10.6 Å². The van der Waals surface area contributed by atoms with Crippen LogP contribution < -0.4 is 10.6 Å². The molecule has 7 aliphatic rings. The van der Waals surface area contributed by atoms with E-state index in [1.807, 2.05) is 6.92 Å². The standard InChI is InChI=1S/C46H74N2O4/c1-28(2)39-36(50)26-45(22-23-48-27-46(47-8)17-10-9-11-18-46)21-15-34-31(40(39)45)12-13-38-43(34,6)20-16-37-42(4,5)30(14-19-44(37,38)7)24-35(49)32-25-33(29(32)3)41(51)52/h28-34,37-38,47-48H,9-27H2,1-8H3,(H,51,52). The summed E-state index contributed by atoms with van der Waals surface area (Å²) in [6.07, 6.45) is 19.3. The summed E-state index contributed by atoms with van der Waals surface area (Å²) in [6, 6.07) is 0. The van der Waals surface area contributed by atoms with E-state index in [1.165, 1.54) is 82.6 Å². The first-order chi connectivity index (χ1) is 24.5. The Balaban J connectivity index is 1.07. The monoisotopic (exact) mass is 719 g/mol. The first-order valence-electron chi connectivity index (χ1n) is 22.0. The highest BCUT2D eigenvalue weighted by Gasteiger charge is 2.66. The van der Waals surface area contributed by atoms with E-state index in [4.69, 9.17) is 0 Å². The van der Waals surface area contributed by atoms with E-state index in [9.17, 15) is 19.5 Å². The second-order valence-corrected chi connectivity index (χ2v) is 21.2. The lowest BCUT2D eigenvalue weighted by Crippen LogP contribution is -2.62. The fourth-order valence-electron chi connectivity index (χ4n) is 15.5. The maximum absolute atomic E-state index is 14.0. The predicted octanol–water partition coefficient (Wildman–Crippen LogP) is 9.41. The molecule has 0 saturated heterocycles. The van der Waals surface area contributed by atoms with E-state index < -0.39 is 5.97 Å². The number of carbonyl (C=O) groups excluding carboxylic acids is 2. The normalized spacial score (nSPS) is 43.6. The number of hydrogen-bond donors (Lipinski definition) is 3. The van der Waals surface area contributed by atoms with Gasteiger partial charge in [-0.2, -0.15) is 0 Å². The van der Waals surface area contributed by atoms with Gasteiger partial charge in [0, 0.05) is 36.3 Å². The first kappa shape index (κ1) is 38.7. The smallest absolute Gasteiger partial charge is 0.306 e. The van der Waals surface area contributed by atoms with Gasteiger partial charge in [-0.25, -0.2) is 0 Å². The third-order valence-corrected chi connectivity index (χ3v) is 18.5. The Bertz CT molecular complexity index is 1440. The molecule has 0 aromatic rings. The minimum absolute atomic E-state index is 0.0356. The van der Waals surface area contributed by atoms with E-state index in [2.05, 4.69) is 59.2 Å². The number of likely N-dealkylation sites (N-methyl/N-ethyl adjacent to an activating group) is 1. The van der Waals surface area contributed by atoms with Crippen molar-refractivity contribution in [3.05, 3.63) is 11.1 Å². The topological polar surface area (TPSA) is 95.5 Å². The molecular weight excluding hydrogens is 645 g/mol. The van der Waals surface area contributed by atoms with Crippen LogP contribution in [0.4, 0.5) is 0 Å². The zero-order valence-corrected chi connectivity index (χ0v) is 34.3. The van der Waals surface area contributed by atoms with Crippen LogP contribution in [0, 0.1) is 74.9 Å². The number of rotatable bonds is 11. The highest BCUT2D eigenvalue weighted by molar-refractivity contribution is 6.00. The molecule has 3 N–H and O–H groups in total. The molecular formula is C46H74N2O4. The number of fused-ring (bicyclic) bond motifs is 7. The molecule has 0 aromatic heterocycles. The van der Waals surface area contributed by atoms with Crippen LogP contribution in [0.3, 0.4) is 0 Å².